The van der Waals surface area contributed by atoms with Crippen molar-refractivity contribution in [1.29, 1.82) is 0 Å². The molecular formula is C11H20O. The van der Waals surface area contributed by atoms with Crippen LogP contribution in [0.1, 0.15) is 51.9 Å². The highest BCUT2D eigenvalue weighted by molar-refractivity contribution is 4.91. The van der Waals surface area contributed by atoms with Gasteiger partial charge in [-0.15, -0.1) is 0 Å². The summed E-state index contributed by atoms with van der Waals surface area (Å²) >= 11 is 0. The van der Waals surface area contributed by atoms with E-state index < -0.39 is 0 Å². The average Bonchev–Trinajstić information content (AvgIpc) is 2.06. The molecule has 2 aliphatic carbocycles. The van der Waals surface area contributed by atoms with Crippen LogP contribution >= 0.6 is 0 Å². The Hall–Kier alpha value is -0.0400. The summed E-state index contributed by atoms with van der Waals surface area (Å²) in [6.07, 6.45) is 9.00. The van der Waals surface area contributed by atoms with Gasteiger partial charge in [-0.1, -0.05) is 19.8 Å². The van der Waals surface area contributed by atoms with Crippen LogP contribution in [-0.4, -0.2) is 11.2 Å². The summed E-state index contributed by atoms with van der Waals surface area (Å²) in [7, 11) is 0. The molecule has 1 heteroatoms. The lowest BCUT2D eigenvalue weighted by atomic mass is 9.60. The smallest absolute Gasteiger partial charge is 0.0543 e. The minimum absolute atomic E-state index is 0.0150. The zero-order valence-corrected chi connectivity index (χ0v) is 8.05. The predicted octanol–water partition coefficient (Wildman–Crippen LogP) is 2.73. The van der Waals surface area contributed by atoms with E-state index in [2.05, 4.69) is 6.92 Å². The molecule has 1 N–H and O–H groups in total. The Morgan fingerprint density at radius 1 is 1.17 bits per heavy atom. The standard InChI is InChI=1S/C11H20O/c1-11-6-3-2-4-9(11)8-10(12)5-7-11/h9-10,12H,2-8H2,1H3/t9?,10-,11+/m1/s1. The van der Waals surface area contributed by atoms with Gasteiger partial charge in [0.1, 0.15) is 0 Å². The molecule has 0 aromatic heterocycles. The Morgan fingerprint density at radius 3 is 2.83 bits per heavy atom. The van der Waals surface area contributed by atoms with Crippen molar-refractivity contribution in [2.24, 2.45) is 11.3 Å². The van der Waals surface area contributed by atoms with Crippen LogP contribution in [-0.2, 0) is 0 Å². The highest BCUT2D eigenvalue weighted by atomic mass is 16.3. The third-order valence-electron chi connectivity index (χ3n) is 4.14. The Labute approximate surface area is 75.2 Å². The largest absolute Gasteiger partial charge is 0.393 e. The molecule has 2 aliphatic rings. The molecule has 3 atom stereocenters. The molecule has 0 bridgehead atoms. The molecule has 1 unspecified atom stereocenters. The molecule has 2 saturated carbocycles. The van der Waals surface area contributed by atoms with Crippen LogP contribution in [0.3, 0.4) is 0 Å². The first-order valence-corrected chi connectivity index (χ1v) is 5.39. The molecule has 0 aromatic carbocycles. The fourth-order valence-electron chi connectivity index (χ4n) is 3.15. The van der Waals surface area contributed by atoms with E-state index in [0.29, 0.717) is 5.41 Å². The van der Waals surface area contributed by atoms with Gasteiger partial charge in [0.15, 0.2) is 0 Å². The van der Waals surface area contributed by atoms with E-state index in [4.69, 9.17) is 0 Å². The summed E-state index contributed by atoms with van der Waals surface area (Å²) in [6, 6.07) is 0. The third kappa shape index (κ3) is 1.39. The van der Waals surface area contributed by atoms with E-state index in [1.807, 2.05) is 0 Å². The molecule has 0 aromatic rings. The van der Waals surface area contributed by atoms with Crippen molar-refractivity contribution in [1.82, 2.24) is 0 Å². The zero-order valence-electron chi connectivity index (χ0n) is 8.05. The van der Waals surface area contributed by atoms with E-state index >= 15 is 0 Å². The Morgan fingerprint density at radius 2 is 2.00 bits per heavy atom. The fourth-order valence-corrected chi connectivity index (χ4v) is 3.15. The van der Waals surface area contributed by atoms with Crippen molar-refractivity contribution in [3.63, 3.8) is 0 Å². The lowest BCUT2D eigenvalue weighted by molar-refractivity contribution is -0.00751. The lowest BCUT2D eigenvalue weighted by Crippen LogP contribution is -2.38. The van der Waals surface area contributed by atoms with Crippen molar-refractivity contribution in [3.8, 4) is 0 Å². The summed E-state index contributed by atoms with van der Waals surface area (Å²) < 4.78 is 0. The van der Waals surface area contributed by atoms with Gasteiger partial charge in [-0.3, -0.25) is 0 Å². The second-order valence-electron chi connectivity index (χ2n) is 5.02. The van der Waals surface area contributed by atoms with Gasteiger partial charge in [0.2, 0.25) is 0 Å². The van der Waals surface area contributed by atoms with Gasteiger partial charge in [0.05, 0.1) is 6.10 Å². The van der Waals surface area contributed by atoms with Gasteiger partial charge < -0.3 is 5.11 Å². The van der Waals surface area contributed by atoms with Crippen molar-refractivity contribution in [2.45, 2.75) is 58.0 Å². The maximum absolute atomic E-state index is 9.56. The summed E-state index contributed by atoms with van der Waals surface area (Å²) in [5, 5.41) is 9.56. The summed E-state index contributed by atoms with van der Waals surface area (Å²) in [5.41, 5.74) is 0.595. The molecule has 1 nitrogen and oxygen atoms in total. The summed E-state index contributed by atoms with van der Waals surface area (Å²) in [6.45, 7) is 2.43. The molecule has 0 heterocycles. The van der Waals surface area contributed by atoms with Gasteiger partial charge in [0.25, 0.3) is 0 Å². The number of rotatable bonds is 0. The van der Waals surface area contributed by atoms with Crippen molar-refractivity contribution >= 4 is 0 Å². The molecule has 0 aliphatic heterocycles. The van der Waals surface area contributed by atoms with E-state index in [1.54, 1.807) is 0 Å². The molecule has 0 spiro atoms. The predicted molar refractivity (Wildman–Crippen MR) is 49.9 cm³/mol. The number of aliphatic hydroxyl groups is 1. The molecule has 70 valence electrons. The first kappa shape index (κ1) is 8.55. The number of hydrogen-bond donors (Lipinski definition) is 1. The minimum atomic E-state index is 0.0150. The van der Waals surface area contributed by atoms with Gasteiger partial charge >= 0.3 is 0 Å². The van der Waals surface area contributed by atoms with Crippen LogP contribution in [0, 0.1) is 11.3 Å². The van der Waals surface area contributed by atoms with Gasteiger partial charge in [-0.05, 0) is 43.4 Å². The van der Waals surface area contributed by atoms with E-state index in [-0.39, 0.29) is 6.10 Å². The molecule has 12 heavy (non-hydrogen) atoms. The highest BCUT2D eigenvalue weighted by Crippen LogP contribution is 2.49. The number of aliphatic hydroxyl groups excluding tert-OH is 1. The van der Waals surface area contributed by atoms with Crippen molar-refractivity contribution in [2.75, 3.05) is 0 Å². The SMILES string of the molecule is C[C@@]12CCCCC1C[C@H](O)CC2. The Balaban J connectivity index is 2.06. The molecule has 2 fully saturated rings. The van der Waals surface area contributed by atoms with Crippen LogP contribution in [0.25, 0.3) is 0 Å². The molecule has 0 radical (unpaired) electrons. The van der Waals surface area contributed by atoms with Crippen LogP contribution in [0.2, 0.25) is 0 Å². The second kappa shape index (κ2) is 3.02. The highest BCUT2D eigenvalue weighted by Gasteiger charge is 2.40. The van der Waals surface area contributed by atoms with Crippen LogP contribution in [0.15, 0.2) is 0 Å². The quantitative estimate of drug-likeness (QED) is 0.589. The second-order valence-corrected chi connectivity index (χ2v) is 5.02. The normalized spacial score (nSPS) is 48.5. The van der Waals surface area contributed by atoms with E-state index in [1.165, 1.54) is 32.1 Å². The summed E-state index contributed by atoms with van der Waals surface area (Å²) in [4.78, 5) is 0. The Bertz CT molecular complexity index is 166. The Kier molecular flexibility index (Phi) is 2.16. The lowest BCUT2D eigenvalue weighted by Gasteiger charge is -2.46. The van der Waals surface area contributed by atoms with Crippen LogP contribution in [0.5, 0.6) is 0 Å². The van der Waals surface area contributed by atoms with Crippen molar-refractivity contribution in [3.05, 3.63) is 0 Å². The topological polar surface area (TPSA) is 20.2 Å². The third-order valence-corrected chi connectivity index (χ3v) is 4.14. The van der Waals surface area contributed by atoms with Gasteiger partial charge in [0, 0.05) is 0 Å². The van der Waals surface area contributed by atoms with E-state index in [9.17, 15) is 5.11 Å². The van der Waals surface area contributed by atoms with E-state index in [0.717, 1.165) is 18.8 Å². The average molecular weight is 168 g/mol. The maximum atomic E-state index is 9.56. The van der Waals surface area contributed by atoms with Gasteiger partial charge in [-0.25, -0.2) is 0 Å². The fraction of sp³-hybridized carbons (Fsp3) is 1.00. The molecule has 0 saturated heterocycles. The van der Waals surface area contributed by atoms with Crippen LogP contribution in [0.4, 0.5) is 0 Å². The minimum Gasteiger partial charge on any atom is -0.393 e. The van der Waals surface area contributed by atoms with Crippen LogP contribution < -0.4 is 0 Å². The molecule has 2 rings (SSSR count). The van der Waals surface area contributed by atoms with Gasteiger partial charge in [-0.2, -0.15) is 0 Å². The molecular weight excluding hydrogens is 148 g/mol. The first-order valence-electron chi connectivity index (χ1n) is 5.39. The monoisotopic (exact) mass is 168 g/mol. The molecule has 0 amide bonds. The number of fused-ring (bicyclic) bond motifs is 1. The van der Waals surface area contributed by atoms with Crippen molar-refractivity contribution < 1.29 is 5.11 Å². The first-order chi connectivity index (χ1) is 5.71. The number of hydrogen-bond acceptors (Lipinski definition) is 1. The zero-order chi connectivity index (χ0) is 8.60. The summed E-state index contributed by atoms with van der Waals surface area (Å²) in [5.74, 6) is 0.829. The maximum Gasteiger partial charge on any atom is 0.0543 e.